The van der Waals surface area contributed by atoms with Crippen LogP contribution < -0.4 is 9.80 Å². The number of esters is 1. The van der Waals surface area contributed by atoms with Gasteiger partial charge in [0.1, 0.15) is 0 Å². The van der Waals surface area contributed by atoms with E-state index in [1.54, 1.807) is 4.68 Å². The molecule has 0 amide bonds. The Bertz CT molecular complexity index is 1530. The predicted molar refractivity (Wildman–Crippen MR) is 169 cm³/mol. The maximum atomic E-state index is 13.7. The summed E-state index contributed by atoms with van der Waals surface area (Å²) in [6.45, 7) is 11.9. The standard InChI is InChI=1S/C35H42F3N5O2/c1-5-42(21-24-10-12-26(13-11-24)34(44)45-4)32-19-28-9-7-6-8-27(28)18-29(32)23-43(33-14-15-41(3)40-33)22-25-16-30(35(36,37)38)20-31(17-25)39-2/h14-20,24,26H,5-13,21-23H2,1,3-4H3. The number of nitrogens with zero attached hydrogens (tertiary/aromatic N) is 5. The molecule has 0 bridgehead atoms. The summed E-state index contributed by atoms with van der Waals surface area (Å²) in [7, 11) is 3.27. The summed E-state index contributed by atoms with van der Waals surface area (Å²) in [6.07, 6.45) is 5.24. The van der Waals surface area contributed by atoms with Gasteiger partial charge in [-0.15, -0.1) is 0 Å². The van der Waals surface area contributed by atoms with Crippen molar-refractivity contribution >= 4 is 23.2 Å². The van der Waals surface area contributed by atoms with Crippen LogP contribution in [0.3, 0.4) is 0 Å². The first kappa shape index (κ1) is 32.4. The number of fused-ring (bicyclic) bond motifs is 1. The van der Waals surface area contributed by atoms with E-state index >= 15 is 0 Å². The fraction of sp³-hybridized carbons (Fsp3) is 0.514. The number of hydrogen-bond donors (Lipinski definition) is 0. The largest absolute Gasteiger partial charge is 0.469 e. The number of rotatable bonds is 10. The average molecular weight is 622 g/mol. The number of alkyl halides is 3. The molecule has 2 aliphatic rings. The van der Waals surface area contributed by atoms with Gasteiger partial charge in [0.25, 0.3) is 0 Å². The highest BCUT2D eigenvalue weighted by Gasteiger charge is 2.32. The van der Waals surface area contributed by atoms with Gasteiger partial charge < -0.3 is 14.5 Å². The molecule has 0 saturated heterocycles. The number of methoxy groups -OCH3 is 1. The van der Waals surface area contributed by atoms with Crippen LogP contribution in [0.1, 0.15) is 73.3 Å². The number of benzene rings is 2. The van der Waals surface area contributed by atoms with Gasteiger partial charge in [-0.25, -0.2) is 4.85 Å². The highest BCUT2D eigenvalue weighted by Crippen LogP contribution is 2.37. The van der Waals surface area contributed by atoms with Crippen LogP contribution in [0.15, 0.2) is 42.6 Å². The number of aryl methyl sites for hydroxylation is 3. The summed E-state index contributed by atoms with van der Waals surface area (Å²) in [5.74, 6) is 0.981. The highest BCUT2D eigenvalue weighted by molar-refractivity contribution is 5.72. The Morgan fingerprint density at radius 3 is 2.36 bits per heavy atom. The van der Waals surface area contributed by atoms with Crippen molar-refractivity contribution in [3.8, 4) is 0 Å². The van der Waals surface area contributed by atoms with E-state index in [0.717, 1.165) is 87.8 Å². The molecule has 240 valence electrons. The second-order valence-corrected chi connectivity index (χ2v) is 12.4. The number of hydrogen-bond acceptors (Lipinski definition) is 5. The summed E-state index contributed by atoms with van der Waals surface area (Å²) >= 11 is 0. The van der Waals surface area contributed by atoms with E-state index in [-0.39, 0.29) is 24.1 Å². The quantitative estimate of drug-likeness (QED) is 0.170. The molecule has 1 saturated carbocycles. The van der Waals surface area contributed by atoms with Crippen molar-refractivity contribution in [1.29, 1.82) is 0 Å². The van der Waals surface area contributed by atoms with Gasteiger partial charge in [-0.05, 0) is 105 Å². The van der Waals surface area contributed by atoms with Crippen molar-refractivity contribution in [2.24, 2.45) is 18.9 Å². The lowest BCUT2D eigenvalue weighted by molar-refractivity contribution is -0.146. The average Bonchev–Trinajstić information content (AvgIpc) is 3.48. The number of carbonyl (C=O) groups is 1. The van der Waals surface area contributed by atoms with Crippen LogP contribution >= 0.6 is 0 Å². The Labute approximate surface area is 263 Å². The SMILES string of the molecule is [C-]#[N+]c1cc(CN(Cc2cc3c(cc2N(CC)CC2CCC(C(=O)OC)CC2)CCCC3)c2ccn(C)n2)cc(C(F)(F)F)c1. The van der Waals surface area contributed by atoms with Gasteiger partial charge in [-0.2, -0.15) is 18.3 Å². The molecule has 1 aromatic heterocycles. The normalized spacial score (nSPS) is 18.2. The Kier molecular flexibility index (Phi) is 10.1. The molecule has 0 radical (unpaired) electrons. The molecule has 0 spiro atoms. The lowest BCUT2D eigenvalue weighted by Gasteiger charge is -2.35. The first-order chi connectivity index (χ1) is 21.6. The van der Waals surface area contributed by atoms with Crippen LogP contribution in [-0.4, -0.2) is 35.9 Å². The molecule has 45 heavy (non-hydrogen) atoms. The molecule has 7 nitrogen and oxygen atoms in total. The molecule has 3 aromatic rings. The van der Waals surface area contributed by atoms with Crippen LogP contribution in [0, 0.1) is 18.4 Å². The first-order valence-corrected chi connectivity index (χ1v) is 15.9. The third-order valence-electron chi connectivity index (χ3n) is 9.32. The Morgan fingerprint density at radius 2 is 1.76 bits per heavy atom. The summed E-state index contributed by atoms with van der Waals surface area (Å²) in [6, 6.07) is 10.1. The van der Waals surface area contributed by atoms with Crippen molar-refractivity contribution in [3.63, 3.8) is 0 Å². The van der Waals surface area contributed by atoms with E-state index in [0.29, 0.717) is 23.8 Å². The summed E-state index contributed by atoms with van der Waals surface area (Å²) in [5, 5.41) is 4.63. The molecule has 1 fully saturated rings. The van der Waals surface area contributed by atoms with E-state index in [1.165, 1.54) is 24.3 Å². The predicted octanol–water partition coefficient (Wildman–Crippen LogP) is 7.88. The maximum Gasteiger partial charge on any atom is 0.415 e. The van der Waals surface area contributed by atoms with Gasteiger partial charge in [-0.3, -0.25) is 9.48 Å². The lowest BCUT2D eigenvalue weighted by atomic mass is 9.81. The number of ether oxygens (including phenoxy) is 1. The fourth-order valence-corrected chi connectivity index (χ4v) is 6.91. The van der Waals surface area contributed by atoms with Crippen LogP contribution in [0.4, 0.5) is 30.4 Å². The molecule has 10 heteroatoms. The zero-order valence-corrected chi connectivity index (χ0v) is 26.4. The molecular weight excluding hydrogens is 579 g/mol. The molecule has 1 heterocycles. The smallest absolute Gasteiger partial charge is 0.415 e. The van der Waals surface area contributed by atoms with E-state index in [9.17, 15) is 18.0 Å². The lowest BCUT2D eigenvalue weighted by Crippen LogP contribution is -2.34. The summed E-state index contributed by atoms with van der Waals surface area (Å²) in [4.78, 5) is 19.9. The third kappa shape index (κ3) is 7.81. The van der Waals surface area contributed by atoms with Crippen LogP contribution in [-0.2, 0) is 48.7 Å². The Balaban J connectivity index is 1.48. The number of carbonyl (C=O) groups excluding carboxylic acids is 1. The summed E-state index contributed by atoms with van der Waals surface area (Å²) in [5.41, 5.74) is 4.54. The second-order valence-electron chi connectivity index (χ2n) is 12.4. The van der Waals surface area contributed by atoms with E-state index < -0.39 is 11.7 Å². The van der Waals surface area contributed by atoms with Crippen molar-refractivity contribution in [2.45, 2.75) is 77.6 Å². The third-order valence-corrected chi connectivity index (χ3v) is 9.32. The van der Waals surface area contributed by atoms with E-state index in [2.05, 4.69) is 33.9 Å². The fourth-order valence-electron chi connectivity index (χ4n) is 6.91. The molecule has 2 aromatic carbocycles. The minimum absolute atomic E-state index is 0.0215. The molecular formula is C35H42F3N5O2. The molecule has 0 aliphatic heterocycles. The number of anilines is 2. The van der Waals surface area contributed by atoms with Crippen molar-refractivity contribution in [3.05, 3.63) is 81.8 Å². The Morgan fingerprint density at radius 1 is 1.04 bits per heavy atom. The minimum Gasteiger partial charge on any atom is -0.469 e. The van der Waals surface area contributed by atoms with E-state index in [1.807, 2.05) is 24.2 Å². The van der Waals surface area contributed by atoms with Gasteiger partial charge in [0, 0.05) is 56.7 Å². The van der Waals surface area contributed by atoms with Crippen molar-refractivity contribution in [2.75, 3.05) is 30.0 Å². The van der Waals surface area contributed by atoms with E-state index in [4.69, 9.17) is 11.3 Å². The molecule has 5 rings (SSSR count). The molecule has 0 N–H and O–H groups in total. The number of halogens is 3. The van der Waals surface area contributed by atoms with Crippen molar-refractivity contribution < 1.29 is 22.7 Å². The van der Waals surface area contributed by atoms with Gasteiger partial charge in [-0.1, -0.05) is 12.1 Å². The van der Waals surface area contributed by atoms with Gasteiger partial charge in [0.05, 0.1) is 19.6 Å². The zero-order chi connectivity index (χ0) is 32.1. The van der Waals surface area contributed by atoms with Crippen molar-refractivity contribution in [1.82, 2.24) is 9.78 Å². The summed E-state index contributed by atoms with van der Waals surface area (Å²) < 4.78 is 47.9. The van der Waals surface area contributed by atoms with Crippen LogP contribution in [0.25, 0.3) is 4.85 Å². The number of aromatic nitrogens is 2. The van der Waals surface area contributed by atoms with Crippen LogP contribution in [0.5, 0.6) is 0 Å². The molecule has 0 unspecified atom stereocenters. The van der Waals surface area contributed by atoms with Gasteiger partial charge >= 0.3 is 12.1 Å². The topological polar surface area (TPSA) is 55.0 Å². The maximum absolute atomic E-state index is 13.7. The highest BCUT2D eigenvalue weighted by atomic mass is 19.4. The van der Waals surface area contributed by atoms with Gasteiger partial charge in [0.15, 0.2) is 11.5 Å². The zero-order valence-electron chi connectivity index (χ0n) is 26.4. The minimum atomic E-state index is -4.55. The molecule has 2 aliphatic carbocycles. The van der Waals surface area contributed by atoms with Crippen LogP contribution in [0.2, 0.25) is 0 Å². The monoisotopic (exact) mass is 621 g/mol. The second kappa shape index (κ2) is 14.0. The Hall–Kier alpha value is -4.00. The first-order valence-electron chi connectivity index (χ1n) is 15.9. The van der Waals surface area contributed by atoms with Gasteiger partial charge in [0.2, 0.25) is 0 Å². The molecule has 0 atom stereocenters.